The molecule has 70 valence electrons. The lowest BCUT2D eigenvalue weighted by atomic mass is 9.90. The SMILES string of the molecule is OC1(c2sccc2Br)C=CCCC1. The molecule has 3 heteroatoms. The van der Waals surface area contributed by atoms with E-state index in [2.05, 4.69) is 22.0 Å². The molecule has 0 saturated heterocycles. The lowest BCUT2D eigenvalue weighted by Crippen LogP contribution is -2.23. The van der Waals surface area contributed by atoms with E-state index < -0.39 is 5.60 Å². The van der Waals surface area contributed by atoms with Crippen molar-refractivity contribution in [3.8, 4) is 0 Å². The molecule has 1 aliphatic carbocycles. The van der Waals surface area contributed by atoms with Crippen LogP contribution in [0, 0.1) is 0 Å². The molecule has 1 aromatic heterocycles. The molecular weight excluding hydrogens is 248 g/mol. The second-order valence-corrected chi connectivity index (χ2v) is 5.09. The summed E-state index contributed by atoms with van der Waals surface area (Å²) in [6, 6.07) is 1.99. The van der Waals surface area contributed by atoms with Gasteiger partial charge in [-0.2, -0.15) is 0 Å². The van der Waals surface area contributed by atoms with Gasteiger partial charge in [-0.3, -0.25) is 0 Å². The Balaban J connectivity index is 2.38. The fourth-order valence-electron chi connectivity index (χ4n) is 1.64. The fourth-order valence-corrected chi connectivity index (χ4v) is 3.47. The number of allylic oxidation sites excluding steroid dienone is 1. The summed E-state index contributed by atoms with van der Waals surface area (Å²) in [4.78, 5) is 1.03. The summed E-state index contributed by atoms with van der Waals surface area (Å²) in [5.41, 5.74) is -0.717. The van der Waals surface area contributed by atoms with Crippen molar-refractivity contribution in [2.75, 3.05) is 0 Å². The van der Waals surface area contributed by atoms with Gasteiger partial charge in [0.1, 0.15) is 5.60 Å². The van der Waals surface area contributed by atoms with Crippen molar-refractivity contribution >= 4 is 27.3 Å². The molecule has 1 heterocycles. The molecule has 1 atom stereocenters. The third-order valence-corrected chi connectivity index (χ3v) is 4.34. The maximum Gasteiger partial charge on any atom is 0.118 e. The molecule has 0 fully saturated rings. The molecule has 1 unspecified atom stereocenters. The first-order valence-corrected chi connectivity index (χ1v) is 6.03. The van der Waals surface area contributed by atoms with Crippen molar-refractivity contribution in [3.63, 3.8) is 0 Å². The van der Waals surface area contributed by atoms with Gasteiger partial charge < -0.3 is 5.11 Å². The number of aliphatic hydroxyl groups is 1. The van der Waals surface area contributed by atoms with Crippen LogP contribution in [0.5, 0.6) is 0 Å². The smallest absolute Gasteiger partial charge is 0.118 e. The average molecular weight is 259 g/mol. The molecule has 0 bridgehead atoms. The minimum absolute atomic E-state index is 0.717. The van der Waals surface area contributed by atoms with Crippen LogP contribution in [0.4, 0.5) is 0 Å². The summed E-state index contributed by atoms with van der Waals surface area (Å²) in [6.07, 6.45) is 6.98. The molecular formula is C10H11BrOS. The molecule has 0 spiro atoms. The normalized spacial score (nSPS) is 27.8. The summed E-state index contributed by atoms with van der Waals surface area (Å²) in [6.45, 7) is 0. The van der Waals surface area contributed by atoms with E-state index >= 15 is 0 Å². The highest BCUT2D eigenvalue weighted by molar-refractivity contribution is 9.10. The predicted octanol–water partition coefficient (Wildman–Crippen LogP) is 3.44. The molecule has 0 aromatic carbocycles. The standard InChI is InChI=1S/C10H11BrOS/c11-8-4-7-13-9(8)10(12)5-2-1-3-6-10/h2,4-5,7,12H,1,3,6H2. The van der Waals surface area contributed by atoms with Crippen molar-refractivity contribution < 1.29 is 5.11 Å². The second-order valence-electron chi connectivity index (χ2n) is 3.32. The van der Waals surface area contributed by atoms with Gasteiger partial charge in [0.15, 0.2) is 0 Å². The van der Waals surface area contributed by atoms with Crippen LogP contribution < -0.4 is 0 Å². The Morgan fingerprint density at radius 2 is 2.38 bits per heavy atom. The topological polar surface area (TPSA) is 20.2 Å². The van der Waals surface area contributed by atoms with E-state index in [4.69, 9.17) is 0 Å². The van der Waals surface area contributed by atoms with Crippen LogP contribution in [0.15, 0.2) is 28.1 Å². The molecule has 0 amide bonds. The van der Waals surface area contributed by atoms with Crippen LogP contribution in [0.2, 0.25) is 0 Å². The quantitative estimate of drug-likeness (QED) is 0.766. The highest BCUT2D eigenvalue weighted by atomic mass is 79.9. The van der Waals surface area contributed by atoms with Gasteiger partial charge in [-0.15, -0.1) is 11.3 Å². The predicted molar refractivity (Wildman–Crippen MR) is 58.9 cm³/mol. The summed E-state index contributed by atoms with van der Waals surface area (Å²) in [5, 5.41) is 12.3. The first-order chi connectivity index (χ1) is 6.22. The first kappa shape index (κ1) is 9.44. The first-order valence-electron chi connectivity index (χ1n) is 4.36. The number of hydrogen-bond donors (Lipinski definition) is 1. The van der Waals surface area contributed by atoms with Crippen LogP contribution in [0.1, 0.15) is 24.1 Å². The third-order valence-electron chi connectivity index (χ3n) is 2.33. The van der Waals surface area contributed by atoms with E-state index in [-0.39, 0.29) is 0 Å². The van der Waals surface area contributed by atoms with Crippen LogP contribution >= 0.6 is 27.3 Å². The minimum Gasteiger partial charge on any atom is -0.380 e. The van der Waals surface area contributed by atoms with E-state index in [1.807, 2.05) is 17.5 Å². The van der Waals surface area contributed by atoms with Crippen LogP contribution in [-0.4, -0.2) is 5.11 Å². The van der Waals surface area contributed by atoms with E-state index in [1.165, 1.54) is 0 Å². The van der Waals surface area contributed by atoms with E-state index in [9.17, 15) is 5.11 Å². The van der Waals surface area contributed by atoms with Gasteiger partial charge in [0.05, 0.1) is 4.88 Å². The average Bonchev–Trinajstić information content (AvgIpc) is 2.53. The fraction of sp³-hybridized carbons (Fsp3) is 0.400. The number of rotatable bonds is 1. The zero-order chi connectivity index (χ0) is 9.31. The van der Waals surface area contributed by atoms with Gasteiger partial charge >= 0.3 is 0 Å². The molecule has 1 aliphatic rings. The van der Waals surface area contributed by atoms with Gasteiger partial charge in [-0.05, 0) is 46.6 Å². The summed E-state index contributed by atoms with van der Waals surface area (Å²) in [7, 11) is 0. The molecule has 0 aliphatic heterocycles. The highest BCUT2D eigenvalue weighted by Gasteiger charge is 2.30. The van der Waals surface area contributed by atoms with Crippen molar-refractivity contribution in [3.05, 3.63) is 32.9 Å². The van der Waals surface area contributed by atoms with Crippen LogP contribution in [-0.2, 0) is 5.60 Å². The van der Waals surface area contributed by atoms with Gasteiger partial charge in [0, 0.05) is 4.47 Å². The monoisotopic (exact) mass is 258 g/mol. The number of hydrogen-bond acceptors (Lipinski definition) is 2. The van der Waals surface area contributed by atoms with Gasteiger partial charge in [0.25, 0.3) is 0 Å². The van der Waals surface area contributed by atoms with Crippen molar-refractivity contribution in [1.29, 1.82) is 0 Å². The summed E-state index contributed by atoms with van der Waals surface area (Å²) < 4.78 is 1.02. The number of halogens is 1. The largest absolute Gasteiger partial charge is 0.380 e. The molecule has 0 radical (unpaired) electrons. The second kappa shape index (κ2) is 3.56. The molecule has 1 N–H and O–H groups in total. The molecule has 1 aromatic rings. The zero-order valence-corrected chi connectivity index (χ0v) is 9.57. The Bertz CT molecular complexity index is 331. The minimum atomic E-state index is -0.717. The van der Waals surface area contributed by atoms with E-state index in [0.29, 0.717) is 0 Å². The van der Waals surface area contributed by atoms with Gasteiger partial charge in [0.2, 0.25) is 0 Å². The van der Waals surface area contributed by atoms with E-state index in [0.717, 1.165) is 28.6 Å². The van der Waals surface area contributed by atoms with Gasteiger partial charge in [-0.1, -0.05) is 12.2 Å². The molecule has 0 saturated carbocycles. The summed E-state index contributed by atoms with van der Waals surface area (Å²) >= 11 is 5.06. The lowest BCUT2D eigenvalue weighted by molar-refractivity contribution is 0.0757. The Kier molecular flexibility index (Phi) is 2.58. The maximum absolute atomic E-state index is 10.3. The van der Waals surface area contributed by atoms with Crippen LogP contribution in [0.25, 0.3) is 0 Å². The Hall–Kier alpha value is -0.120. The third kappa shape index (κ3) is 1.73. The molecule has 1 nitrogen and oxygen atoms in total. The zero-order valence-electron chi connectivity index (χ0n) is 7.16. The number of thiophene rings is 1. The Labute approximate surface area is 90.2 Å². The van der Waals surface area contributed by atoms with Gasteiger partial charge in [-0.25, -0.2) is 0 Å². The van der Waals surface area contributed by atoms with Crippen LogP contribution in [0.3, 0.4) is 0 Å². The van der Waals surface area contributed by atoms with Crippen molar-refractivity contribution in [1.82, 2.24) is 0 Å². The Morgan fingerprint density at radius 3 is 2.92 bits per heavy atom. The summed E-state index contributed by atoms with van der Waals surface area (Å²) in [5.74, 6) is 0. The van der Waals surface area contributed by atoms with E-state index in [1.54, 1.807) is 11.3 Å². The maximum atomic E-state index is 10.3. The van der Waals surface area contributed by atoms with Crippen molar-refractivity contribution in [2.24, 2.45) is 0 Å². The Morgan fingerprint density at radius 1 is 1.54 bits per heavy atom. The molecule has 2 rings (SSSR count). The highest BCUT2D eigenvalue weighted by Crippen LogP contribution is 2.39. The van der Waals surface area contributed by atoms with Crippen molar-refractivity contribution in [2.45, 2.75) is 24.9 Å². The molecule has 13 heavy (non-hydrogen) atoms. The lowest BCUT2D eigenvalue weighted by Gasteiger charge is -2.26.